The van der Waals surface area contributed by atoms with Gasteiger partial charge in [0, 0.05) is 18.8 Å². The molecule has 1 aliphatic rings. The van der Waals surface area contributed by atoms with Gasteiger partial charge in [-0.3, -0.25) is 14.3 Å². The molecule has 2 aromatic heterocycles. The van der Waals surface area contributed by atoms with Crippen LogP contribution in [-0.2, 0) is 6.54 Å². The van der Waals surface area contributed by atoms with Crippen LogP contribution in [0.3, 0.4) is 0 Å². The number of hydrogen-bond acceptors (Lipinski definition) is 4. The Kier molecular flexibility index (Phi) is 4.69. The van der Waals surface area contributed by atoms with Crippen molar-refractivity contribution in [3.63, 3.8) is 0 Å². The Balaban J connectivity index is 1.66. The third kappa shape index (κ3) is 3.50. The van der Waals surface area contributed by atoms with E-state index in [9.17, 15) is 9.59 Å². The van der Waals surface area contributed by atoms with Crippen LogP contribution in [0.1, 0.15) is 42.1 Å². The SMILES string of the molecule is CCn1cc(O[C@@H]2CCC[C@@H]2NC(=O)c2c[nH]c(=O)cc2C)cn1. The molecule has 128 valence electrons. The Hall–Kier alpha value is -2.57. The summed E-state index contributed by atoms with van der Waals surface area (Å²) in [5.74, 6) is 0.539. The first-order chi connectivity index (χ1) is 11.6. The topological polar surface area (TPSA) is 89.0 Å². The van der Waals surface area contributed by atoms with Crippen molar-refractivity contribution in [2.75, 3.05) is 0 Å². The van der Waals surface area contributed by atoms with Crippen LogP contribution in [0, 0.1) is 6.92 Å². The molecule has 1 fully saturated rings. The van der Waals surface area contributed by atoms with Crippen molar-refractivity contribution in [1.82, 2.24) is 20.1 Å². The molecule has 2 heterocycles. The van der Waals surface area contributed by atoms with Gasteiger partial charge in [0.2, 0.25) is 5.56 Å². The molecule has 0 aliphatic heterocycles. The van der Waals surface area contributed by atoms with Crippen molar-refractivity contribution >= 4 is 5.91 Å². The van der Waals surface area contributed by atoms with E-state index in [-0.39, 0.29) is 23.6 Å². The summed E-state index contributed by atoms with van der Waals surface area (Å²) in [5.41, 5.74) is 0.939. The van der Waals surface area contributed by atoms with Crippen LogP contribution in [0.25, 0.3) is 0 Å². The molecule has 0 unspecified atom stereocenters. The molecule has 2 aromatic rings. The fourth-order valence-corrected chi connectivity index (χ4v) is 3.05. The number of nitrogens with one attached hydrogen (secondary N) is 2. The number of aromatic amines is 1. The number of carbonyl (C=O) groups excluding carboxylic acids is 1. The molecule has 24 heavy (non-hydrogen) atoms. The van der Waals surface area contributed by atoms with Crippen molar-refractivity contribution in [3.05, 3.63) is 46.1 Å². The highest BCUT2D eigenvalue weighted by Gasteiger charge is 2.31. The Morgan fingerprint density at radius 3 is 3.04 bits per heavy atom. The number of aromatic nitrogens is 3. The lowest BCUT2D eigenvalue weighted by Gasteiger charge is -2.22. The summed E-state index contributed by atoms with van der Waals surface area (Å²) in [7, 11) is 0. The normalized spacial score (nSPS) is 20.1. The zero-order valence-corrected chi connectivity index (χ0v) is 13.9. The fraction of sp³-hybridized carbons (Fsp3) is 0.471. The first-order valence-corrected chi connectivity index (χ1v) is 8.26. The highest BCUT2D eigenvalue weighted by molar-refractivity contribution is 5.95. The Bertz CT molecular complexity index is 780. The molecule has 7 nitrogen and oxygen atoms in total. The summed E-state index contributed by atoms with van der Waals surface area (Å²) in [6.07, 6.45) is 7.74. The molecule has 0 bridgehead atoms. The van der Waals surface area contributed by atoms with Gasteiger partial charge in [-0.1, -0.05) is 0 Å². The lowest BCUT2D eigenvalue weighted by atomic mass is 10.1. The second-order valence-corrected chi connectivity index (χ2v) is 6.09. The first kappa shape index (κ1) is 16.3. The summed E-state index contributed by atoms with van der Waals surface area (Å²) in [6, 6.07) is 1.38. The number of rotatable bonds is 5. The number of carbonyl (C=O) groups is 1. The minimum absolute atomic E-state index is 0.0474. The average molecular weight is 330 g/mol. The summed E-state index contributed by atoms with van der Waals surface area (Å²) in [5, 5.41) is 7.23. The number of amides is 1. The maximum absolute atomic E-state index is 12.5. The lowest BCUT2D eigenvalue weighted by Crippen LogP contribution is -2.42. The lowest BCUT2D eigenvalue weighted by molar-refractivity contribution is 0.0893. The number of pyridine rings is 1. The Morgan fingerprint density at radius 1 is 1.50 bits per heavy atom. The summed E-state index contributed by atoms with van der Waals surface area (Å²) in [4.78, 5) is 26.3. The largest absolute Gasteiger partial charge is 0.485 e. The summed E-state index contributed by atoms with van der Waals surface area (Å²) in [6.45, 7) is 4.56. The smallest absolute Gasteiger partial charge is 0.253 e. The molecule has 2 N–H and O–H groups in total. The van der Waals surface area contributed by atoms with Gasteiger partial charge in [0.25, 0.3) is 5.91 Å². The van der Waals surface area contributed by atoms with Gasteiger partial charge in [-0.05, 0) is 38.7 Å². The second kappa shape index (κ2) is 6.90. The van der Waals surface area contributed by atoms with Crippen LogP contribution >= 0.6 is 0 Å². The molecule has 1 aliphatic carbocycles. The van der Waals surface area contributed by atoms with Crippen LogP contribution < -0.4 is 15.6 Å². The summed E-state index contributed by atoms with van der Waals surface area (Å²) < 4.78 is 7.81. The van der Waals surface area contributed by atoms with Gasteiger partial charge in [0.05, 0.1) is 24.0 Å². The second-order valence-electron chi connectivity index (χ2n) is 6.09. The van der Waals surface area contributed by atoms with Crippen LogP contribution in [0.4, 0.5) is 0 Å². The molecule has 2 atom stereocenters. The van der Waals surface area contributed by atoms with Crippen LogP contribution in [0.5, 0.6) is 5.75 Å². The molecule has 0 spiro atoms. The number of aryl methyl sites for hydroxylation is 2. The van der Waals surface area contributed by atoms with Crippen LogP contribution in [-0.4, -0.2) is 32.8 Å². The van der Waals surface area contributed by atoms with Crippen molar-refractivity contribution < 1.29 is 9.53 Å². The molecular weight excluding hydrogens is 308 g/mol. The number of hydrogen-bond donors (Lipinski definition) is 2. The van der Waals surface area contributed by atoms with Crippen molar-refractivity contribution in [2.45, 2.75) is 51.8 Å². The van der Waals surface area contributed by atoms with Gasteiger partial charge in [0.15, 0.2) is 5.75 Å². The Morgan fingerprint density at radius 2 is 2.33 bits per heavy atom. The van der Waals surface area contributed by atoms with E-state index < -0.39 is 0 Å². The molecule has 3 rings (SSSR count). The van der Waals surface area contributed by atoms with E-state index in [1.54, 1.807) is 13.1 Å². The van der Waals surface area contributed by atoms with Crippen molar-refractivity contribution in [2.24, 2.45) is 0 Å². The molecule has 0 radical (unpaired) electrons. The third-order valence-corrected chi connectivity index (χ3v) is 4.37. The highest BCUT2D eigenvalue weighted by atomic mass is 16.5. The number of H-pyrrole nitrogens is 1. The van der Waals surface area contributed by atoms with Crippen molar-refractivity contribution in [1.29, 1.82) is 0 Å². The van der Waals surface area contributed by atoms with E-state index in [0.717, 1.165) is 31.6 Å². The Labute approximate surface area is 140 Å². The molecule has 1 saturated carbocycles. The summed E-state index contributed by atoms with van der Waals surface area (Å²) >= 11 is 0. The maximum atomic E-state index is 12.5. The average Bonchev–Trinajstić information content (AvgIpc) is 3.17. The maximum Gasteiger partial charge on any atom is 0.253 e. The monoisotopic (exact) mass is 330 g/mol. The quantitative estimate of drug-likeness (QED) is 0.872. The first-order valence-electron chi connectivity index (χ1n) is 8.26. The van der Waals surface area contributed by atoms with E-state index in [4.69, 9.17) is 4.74 Å². The van der Waals surface area contributed by atoms with Gasteiger partial charge in [-0.25, -0.2) is 0 Å². The van der Waals surface area contributed by atoms with Crippen LogP contribution in [0.2, 0.25) is 0 Å². The van der Waals surface area contributed by atoms with E-state index in [1.165, 1.54) is 12.3 Å². The third-order valence-electron chi connectivity index (χ3n) is 4.37. The fourth-order valence-electron chi connectivity index (χ4n) is 3.05. The molecule has 1 amide bonds. The van der Waals surface area contributed by atoms with E-state index in [2.05, 4.69) is 15.4 Å². The number of ether oxygens (including phenoxy) is 1. The van der Waals surface area contributed by atoms with Gasteiger partial charge in [-0.2, -0.15) is 5.10 Å². The van der Waals surface area contributed by atoms with E-state index >= 15 is 0 Å². The molecular formula is C17H22N4O3. The predicted octanol–water partition coefficient (Wildman–Crippen LogP) is 1.63. The zero-order chi connectivity index (χ0) is 17.1. The van der Waals surface area contributed by atoms with Crippen LogP contribution in [0.15, 0.2) is 29.5 Å². The number of nitrogens with zero attached hydrogens (tertiary/aromatic N) is 2. The van der Waals surface area contributed by atoms with Gasteiger partial charge >= 0.3 is 0 Å². The minimum atomic E-state index is -0.209. The standard InChI is InChI=1S/C17H22N4O3/c1-3-21-10-12(8-19-21)24-15-6-4-5-14(15)20-17(23)13-9-18-16(22)7-11(13)2/h7-10,14-15H,3-6H2,1-2H3,(H,18,22)(H,20,23)/t14-,15+/m0/s1. The molecule has 7 heteroatoms. The zero-order valence-electron chi connectivity index (χ0n) is 13.9. The van der Waals surface area contributed by atoms with Gasteiger partial charge in [0.1, 0.15) is 6.10 Å². The highest BCUT2D eigenvalue weighted by Crippen LogP contribution is 2.25. The van der Waals surface area contributed by atoms with Gasteiger partial charge in [-0.15, -0.1) is 0 Å². The predicted molar refractivity (Wildman–Crippen MR) is 89.2 cm³/mol. The van der Waals surface area contributed by atoms with Gasteiger partial charge < -0.3 is 15.0 Å². The molecule has 0 aromatic carbocycles. The van der Waals surface area contributed by atoms with E-state index in [0.29, 0.717) is 11.1 Å². The molecule has 0 saturated heterocycles. The minimum Gasteiger partial charge on any atom is -0.485 e. The van der Waals surface area contributed by atoms with Crippen molar-refractivity contribution in [3.8, 4) is 5.75 Å². The van der Waals surface area contributed by atoms with E-state index in [1.807, 2.05) is 17.8 Å².